The highest BCUT2D eigenvalue weighted by Gasteiger charge is 2.37. The first-order valence-electron chi connectivity index (χ1n) is 7.36. The molecule has 2 aromatic carbocycles. The van der Waals surface area contributed by atoms with Gasteiger partial charge in [0.25, 0.3) is 0 Å². The smallest absolute Gasteiger partial charge is 0.119 e. The third-order valence-corrected chi connectivity index (χ3v) is 3.82. The minimum absolute atomic E-state index is 0.0165. The molecule has 110 valence electrons. The van der Waals surface area contributed by atoms with E-state index < -0.39 is 5.60 Å². The van der Waals surface area contributed by atoms with Gasteiger partial charge in [-0.25, -0.2) is 0 Å². The summed E-state index contributed by atoms with van der Waals surface area (Å²) in [5.74, 6) is -0.0165. The van der Waals surface area contributed by atoms with Crippen LogP contribution in [0.3, 0.4) is 0 Å². The van der Waals surface area contributed by atoms with Gasteiger partial charge in [0.2, 0.25) is 0 Å². The molecule has 0 aromatic heterocycles. The van der Waals surface area contributed by atoms with Gasteiger partial charge in [-0.3, -0.25) is 4.99 Å². The molecule has 2 rings (SSSR count). The maximum atomic E-state index is 11.5. The normalized spacial score (nSPS) is 12.8. The molecule has 0 saturated heterocycles. The van der Waals surface area contributed by atoms with Crippen molar-refractivity contribution in [2.75, 3.05) is 6.54 Å². The van der Waals surface area contributed by atoms with Crippen LogP contribution in [-0.2, 0) is 5.60 Å². The van der Waals surface area contributed by atoms with Crippen molar-refractivity contribution in [2.45, 2.75) is 26.4 Å². The molecule has 1 N–H and O–H groups in total. The van der Waals surface area contributed by atoms with E-state index >= 15 is 0 Å². The molecule has 0 amide bonds. The molecule has 2 aromatic rings. The topological polar surface area (TPSA) is 32.6 Å². The van der Waals surface area contributed by atoms with Gasteiger partial charge >= 0.3 is 0 Å². The van der Waals surface area contributed by atoms with Gasteiger partial charge in [-0.2, -0.15) is 0 Å². The van der Waals surface area contributed by atoms with Crippen molar-refractivity contribution < 1.29 is 5.11 Å². The predicted octanol–water partition coefficient (Wildman–Crippen LogP) is 4.04. The fourth-order valence-electron chi connectivity index (χ4n) is 2.57. The first-order valence-corrected chi connectivity index (χ1v) is 7.36. The first kappa shape index (κ1) is 15.5. The minimum Gasteiger partial charge on any atom is -0.380 e. The average Bonchev–Trinajstić information content (AvgIpc) is 2.53. The van der Waals surface area contributed by atoms with Crippen LogP contribution in [0.15, 0.2) is 65.7 Å². The molecule has 21 heavy (non-hydrogen) atoms. The molecule has 0 spiro atoms. The Labute approximate surface area is 127 Å². The Bertz CT molecular complexity index is 546. The molecule has 0 saturated carbocycles. The standard InChI is InChI=1S/C19H23NO/c1-15(2)20-14-16(3)19(21,17-10-6-4-7-11-17)18-12-8-5-9-13-18/h4-13,16,21H,14H2,1-3H3/t16-/m0/s1. The number of aliphatic imine (C=N–C) groups is 1. The van der Waals surface area contributed by atoms with Gasteiger partial charge in [0.1, 0.15) is 5.60 Å². The van der Waals surface area contributed by atoms with Crippen LogP contribution >= 0.6 is 0 Å². The molecule has 1 atom stereocenters. The van der Waals surface area contributed by atoms with E-state index in [9.17, 15) is 5.11 Å². The molecule has 0 bridgehead atoms. The molecule has 0 radical (unpaired) electrons. The number of hydrogen-bond donors (Lipinski definition) is 1. The van der Waals surface area contributed by atoms with Crippen LogP contribution in [0.2, 0.25) is 0 Å². The van der Waals surface area contributed by atoms with Gasteiger partial charge < -0.3 is 5.11 Å². The summed E-state index contributed by atoms with van der Waals surface area (Å²) in [6.45, 7) is 6.61. The lowest BCUT2D eigenvalue weighted by Crippen LogP contribution is -2.36. The molecular weight excluding hydrogens is 258 g/mol. The Morgan fingerprint density at radius 2 is 1.38 bits per heavy atom. The number of nitrogens with zero attached hydrogens (tertiary/aromatic N) is 1. The van der Waals surface area contributed by atoms with Gasteiger partial charge in [-0.1, -0.05) is 67.6 Å². The lowest BCUT2D eigenvalue weighted by atomic mass is 9.77. The Kier molecular flexibility index (Phi) is 4.92. The third kappa shape index (κ3) is 3.40. The largest absolute Gasteiger partial charge is 0.380 e. The fraction of sp³-hybridized carbons (Fsp3) is 0.316. The lowest BCUT2D eigenvalue weighted by Gasteiger charge is -2.34. The van der Waals surface area contributed by atoms with Gasteiger partial charge in [-0.15, -0.1) is 0 Å². The van der Waals surface area contributed by atoms with E-state index in [0.29, 0.717) is 6.54 Å². The van der Waals surface area contributed by atoms with Crippen LogP contribution in [0, 0.1) is 5.92 Å². The van der Waals surface area contributed by atoms with E-state index in [4.69, 9.17) is 0 Å². The maximum Gasteiger partial charge on any atom is 0.119 e. The van der Waals surface area contributed by atoms with Crippen molar-refractivity contribution in [1.82, 2.24) is 0 Å². The highest BCUT2D eigenvalue weighted by atomic mass is 16.3. The van der Waals surface area contributed by atoms with Gasteiger partial charge in [0.15, 0.2) is 0 Å². The summed E-state index contributed by atoms with van der Waals surface area (Å²) in [6, 6.07) is 19.7. The molecule has 2 heteroatoms. The summed E-state index contributed by atoms with van der Waals surface area (Å²) in [5, 5.41) is 11.5. The van der Waals surface area contributed by atoms with E-state index in [0.717, 1.165) is 16.8 Å². The third-order valence-electron chi connectivity index (χ3n) is 3.82. The van der Waals surface area contributed by atoms with Crippen LogP contribution < -0.4 is 0 Å². The SMILES string of the molecule is CC(C)=NC[C@H](C)C(O)(c1ccccc1)c1ccccc1. The number of benzene rings is 2. The van der Waals surface area contributed by atoms with E-state index in [1.807, 2.05) is 81.4 Å². The minimum atomic E-state index is -1.03. The van der Waals surface area contributed by atoms with Crippen molar-refractivity contribution in [2.24, 2.45) is 10.9 Å². The molecule has 0 heterocycles. The van der Waals surface area contributed by atoms with Crippen molar-refractivity contribution in [3.8, 4) is 0 Å². The summed E-state index contributed by atoms with van der Waals surface area (Å²) >= 11 is 0. The zero-order valence-corrected chi connectivity index (χ0v) is 13.0. The Morgan fingerprint density at radius 1 is 0.952 bits per heavy atom. The van der Waals surface area contributed by atoms with Crippen LogP contribution in [0.5, 0.6) is 0 Å². The predicted molar refractivity (Wildman–Crippen MR) is 88.7 cm³/mol. The molecule has 0 aliphatic rings. The summed E-state index contributed by atoms with van der Waals surface area (Å²) < 4.78 is 0. The zero-order chi connectivity index (χ0) is 15.3. The second-order valence-corrected chi connectivity index (χ2v) is 5.69. The second kappa shape index (κ2) is 6.68. The number of rotatable bonds is 5. The highest BCUT2D eigenvalue weighted by molar-refractivity contribution is 5.79. The van der Waals surface area contributed by atoms with Crippen LogP contribution in [0.25, 0.3) is 0 Å². The average molecular weight is 281 g/mol. The molecule has 0 aliphatic heterocycles. The van der Waals surface area contributed by atoms with Crippen molar-refractivity contribution in [3.63, 3.8) is 0 Å². The van der Waals surface area contributed by atoms with Gasteiger partial charge in [0, 0.05) is 18.2 Å². The molecule has 0 fully saturated rings. The van der Waals surface area contributed by atoms with Gasteiger partial charge in [0.05, 0.1) is 0 Å². The van der Waals surface area contributed by atoms with E-state index in [1.54, 1.807) is 0 Å². The van der Waals surface area contributed by atoms with E-state index in [1.165, 1.54) is 0 Å². The van der Waals surface area contributed by atoms with Crippen LogP contribution in [0.1, 0.15) is 31.9 Å². The monoisotopic (exact) mass is 281 g/mol. The summed E-state index contributed by atoms with van der Waals surface area (Å²) in [6.07, 6.45) is 0. The summed E-state index contributed by atoms with van der Waals surface area (Å²) in [4.78, 5) is 4.50. The quantitative estimate of drug-likeness (QED) is 0.824. The van der Waals surface area contributed by atoms with Crippen molar-refractivity contribution in [1.29, 1.82) is 0 Å². The number of aliphatic hydroxyl groups is 1. The lowest BCUT2D eigenvalue weighted by molar-refractivity contribution is 0.0279. The highest BCUT2D eigenvalue weighted by Crippen LogP contribution is 2.36. The Hall–Kier alpha value is -1.93. The van der Waals surface area contributed by atoms with Crippen LogP contribution in [-0.4, -0.2) is 17.4 Å². The Balaban J connectivity index is 2.47. The maximum absolute atomic E-state index is 11.5. The second-order valence-electron chi connectivity index (χ2n) is 5.69. The molecule has 0 aliphatic carbocycles. The zero-order valence-electron chi connectivity index (χ0n) is 13.0. The Morgan fingerprint density at radius 3 is 1.76 bits per heavy atom. The summed E-state index contributed by atoms with van der Waals surface area (Å²) in [7, 11) is 0. The molecule has 2 nitrogen and oxygen atoms in total. The molecular formula is C19H23NO. The fourth-order valence-corrected chi connectivity index (χ4v) is 2.57. The molecule has 0 unspecified atom stereocenters. The van der Waals surface area contributed by atoms with Gasteiger partial charge in [-0.05, 0) is 25.0 Å². The van der Waals surface area contributed by atoms with E-state index in [-0.39, 0.29) is 5.92 Å². The summed E-state index contributed by atoms with van der Waals surface area (Å²) in [5.41, 5.74) is 1.83. The number of hydrogen-bond acceptors (Lipinski definition) is 2. The van der Waals surface area contributed by atoms with Crippen molar-refractivity contribution >= 4 is 5.71 Å². The van der Waals surface area contributed by atoms with Crippen LogP contribution in [0.4, 0.5) is 0 Å². The van der Waals surface area contributed by atoms with E-state index in [2.05, 4.69) is 4.99 Å². The first-order chi connectivity index (χ1) is 10.0. The van der Waals surface area contributed by atoms with Crippen molar-refractivity contribution in [3.05, 3.63) is 71.8 Å².